The molecule has 3 nitrogen and oxygen atoms in total. The van der Waals surface area contributed by atoms with Gasteiger partial charge in [-0.05, 0) is 37.1 Å². The van der Waals surface area contributed by atoms with Gasteiger partial charge in [0.1, 0.15) is 17.8 Å². The molecule has 3 heteroatoms. The van der Waals surface area contributed by atoms with Crippen LogP contribution in [0.15, 0.2) is 30.3 Å². The standard InChI is InChI=1S/C17H20O3/c1-3-9-19-16-7-8-17(20-10-4-2)15-11-13(12-18)5-6-14(15)16/h5-8,11-12H,3-4,9-10H2,1-2H3. The van der Waals surface area contributed by atoms with E-state index in [0.717, 1.165) is 41.4 Å². The van der Waals surface area contributed by atoms with Gasteiger partial charge in [0.15, 0.2) is 0 Å². The molecule has 0 radical (unpaired) electrons. The molecule has 0 aliphatic rings. The maximum absolute atomic E-state index is 11.0. The Bertz CT molecular complexity index is 590. The molecule has 0 bridgehead atoms. The highest BCUT2D eigenvalue weighted by Crippen LogP contribution is 2.34. The minimum atomic E-state index is 0.645. The average Bonchev–Trinajstić information content (AvgIpc) is 2.50. The molecule has 0 fully saturated rings. The van der Waals surface area contributed by atoms with E-state index in [9.17, 15) is 4.79 Å². The fourth-order valence-electron chi connectivity index (χ4n) is 2.06. The van der Waals surface area contributed by atoms with E-state index in [1.54, 1.807) is 6.07 Å². The molecule has 2 aromatic carbocycles. The van der Waals surface area contributed by atoms with Gasteiger partial charge < -0.3 is 9.47 Å². The maximum atomic E-state index is 11.0. The molecular weight excluding hydrogens is 252 g/mol. The van der Waals surface area contributed by atoms with Crippen LogP contribution in [0.4, 0.5) is 0 Å². The Hall–Kier alpha value is -2.03. The molecule has 0 unspecified atom stereocenters. The largest absolute Gasteiger partial charge is 0.493 e. The SMILES string of the molecule is CCCOc1ccc(OCCC)c2cc(C=O)ccc12. The number of ether oxygens (including phenoxy) is 2. The molecule has 0 aliphatic heterocycles. The van der Waals surface area contributed by atoms with Crippen molar-refractivity contribution in [3.8, 4) is 11.5 Å². The van der Waals surface area contributed by atoms with Crippen LogP contribution in [0.5, 0.6) is 11.5 Å². The number of carbonyl (C=O) groups is 1. The molecule has 0 amide bonds. The van der Waals surface area contributed by atoms with Gasteiger partial charge in [-0.3, -0.25) is 4.79 Å². The third-order valence-electron chi connectivity index (χ3n) is 3.02. The molecule has 0 heterocycles. The summed E-state index contributed by atoms with van der Waals surface area (Å²) in [5.41, 5.74) is 0.645. The van der Waals surface area contributed by atoms with E-state index in [0.29, 0.717) is 18.8 Å². The molecule has 0 spiro atoms. The monoisotopic (exact) mass is 272 g/mol. The zero-order chi connectivity index (χ0) is 14.4. The van der Waals surface area contributed by atoms with Gasteiger partial charge in [0, 0.05) is 16.3 Å². The molecule has 2 aromatic rings. The lowest BCUT2D eigenvalue weighted by Crippen LogP contribution is -1.99. The number of rotatable bonds is 7. The Morgan fingerprint density at radius 1 is 0.900 bits per heavy atom. The zero-order valence-electron chi connectivity index (χ0n) is 12.0. The van der Waals surface area contributed by atoms with Crippen molar-refractivity contribution in [1.82, 2.24) is 0 Å². The van der Waals surface area contributed by atoms with E-state index in [1.807, 2.05) is 24.3 Å². The summed E-state index contributed by atoms with van der Waals surface area (Å²) in [4.78, 5) is 11.0. The van der Waals surface area contributed by atoms with Crippen LogP contribution in [0.25, 0.3) is 10.8 Å². The Morgan fingerprint density at radius 2 is 1.50 bits per heavy atom. The second-order valence-electron chi connectivity index (χ2n) is 4.68. The Labute approximate surface area is 119 Å². The van der Waals surface area contributed by atoms with Gasteiger partial charge in [0.2, 0.25) is 0 Å². The third kappa shape index (κ3) is 3.10. The number of hydrogen-bond donors (Lipinski definition) is 0. The number of hydrogen-bond acceptors (Lipinski definition) is 3. The first-order valence-corrected chi connectivity index (χ1v) is 7.07. The highest BCUT2D eigenvalue weighted by molar-refractivity contribution is 5.96. The summed E-state index contributed by atoms with van der Waals surface area (Å²) >= 11 is 0. The van der Waals surface area contributed by atoms with Crippen molar-refractivity contribution in [1.29, 1.82) is 0 Å². The van der Waals surface area contributed by atoms with Crippen molar-refractivity contribution in [2.75, 3.05) is 13.2 Å². The van der Waals surface area contributed by atoms with Gasteiger partial charge in [0.05, 0.1) is 13.2 Å². The van der Waals surface area contributed by atoms with Gasteiger partial charge >= 0.3 is 0 Å². The van der Waals surface area contributed by atoms with E-state index in [2.05, 4.69) is 13.8 Å². The van der Waals surface area contributed by atoms with Gasteiger partial charge in [-0.25, -0.2) is 0 Å². The minimum Gasteiger partial charge on any atom is -0.493 e. The molecule has 0 aromatic heterocycles. The van der Waals surface area contributed by atoms with Crippen LogP contribution in [-0.4, -0.2) is 19.5 Å². The van der Waals surface area contributed by atoms with Gasteiger partial charge in [-0.2, -0.15) is 0 Å². The predicted molar refractivity (Wildman–Crippen MR) is 80.9 cm³/mol. The molecule has 0 saturated heterocycles. The van der Waals surface area contributed by atoms with Gasteiger partial charge in [-0.15, -0.1) is 0 Å². The van der Waals surface area contributed by atoms with Crippen LogP contribution in [-0.2, 0) is 0 Å². The van der Waals surface area contributed by atoms with Gasteiger partial charge in [-0.1, -0.05) is 19.9 Å². The van der Waals surface area contributed by atoms with Crippen LogP contribution in [0.3, 0.4) is 0 Å². The Morgan fingerprint density at radius 3 is 2.05 bits per heavy atom. The number of aldehydes is 1. The van der Waals surface area contributed by atoms with Crippen LogP contribution in [0.1, 0.15) is 37.0 Å². The van der Waals surface area contributed by atoms with E-state index in [4.69, 9.17) is 9.47 Å². The van der Waals surface area contributed by atoms with E-state index < -0.39 is 0 Å². The van der Waals surface area contributed by atoms with Crippen molar-refractivity contribution in [3.63, 3.8) is 0 Å². The van der Waals surface area contributed by atoms with Crippen LogP contribution in [0, 0.1) is 0 Å². The van der Waals surface area contributed by atoms with Crippen molar-refractivity contribution < 1.29 is 14.3 Å². The fourth-order valence-corrected chi connectivity index (χ4v) is 2.06. The van der Waals surface area contributed by atoms with Crippen molar-refractivity contribution in [2.45, 2.75) is 26.7 Å². The Balaban J connectivity index is 2.49. The fraction of sp³-hybridized carbons (Fsp3) is 0.353. The lowest BCUT2D eigenvalue weighted by molar-refractivity contribution is 0.112. The number of benzene rings is 2. The van der Waals surface area contributed by atoms with E-state index >= 15 is 0 Å². The second kappa shape index (κ2) is 6.94. The summed E-state index contributed by atoms with van der Waals surface area (Å²) < 4.78 is 11.5. The summed E-state index contributed by atoms with van der Waals surface area (Å²) in [6.45, 7) is 5.48. The first-order valence-electron chi connectivity index (χ1n) is 7.07. The quantitative estimate of drug-likeness (QED) is 0.707. The molecular formula is C17H20O3. The summed E-state index contributed by atoms with van der Waals surface area (Å²) in [5, 5.41) is 1.91. The molecule has 0 N–H and O–H groups in total. The zero-order valence-corrected chi connectivity index (χ0v) is 12.0. The van der Waals surface area contributed by atoms with Crippen LogP contribution >= 0.6 is 0 Å². The highest BCUT2D eigenvalue weighted by atomic mass is 16.5. The lowest BCUT2D eigenvalue weighted by Gasteiger charge is -2.13. The first kappa shape index (κ1) is 14.4. The van der Waals surface area contributed by atoms with E-state index in [-0.39, 0.29) is 0 Å². The number of fused-ring (bicyclic) bond motifs is 1. The van der Waals surface area contributed by atoms with Crippen LogP contribution < -0.4 is 9.47 Å². The molecule has 106 valence electrons. The van der Waals surface area contributed by atoms with Crippen molar-refractivity contribution in [2.24, 2.45) is 0 Å². The normalized spacial score (nSPS) is 10.5. The highest BCUT2D eigenvalue weighted by Gasteiger charge is 2.09. The Kier molecular flexibility index (Phi) is 4.99. The summed E-state index contributed by atoms with van der Waals surface area (Å²) in [7, 11) is 0. The number of carbonyl (C=O) groups excluding carboxylic acids is 1. The smallest absolute Gasteiger partial charge is 0.150 e. The third-order valence-corrected chi connectivity index (χ3v) is 3.02. The summed E-state index contributed by atoms with van der Waals surface area (Å²) in [6, 6.07) is 9.42. The first-order chi connectivity index (χ1) is 9.80. The topological polar surface area (TPSA) is 35.5 Å². The average molecular weight is 272 g/mol. The molecule has 0 atom stereocenters. The predicted octanol–water partition coefficient (Wildman–Crippen LogP) is 4.23. The summed E-state index contributed by atoms with van der Waals surface area (Å²) in [6.07, 6.45) is 2.76. The van der Waals surface area contributed by atoms with Gasteiger partial charge in [0.25, 0.3) is 0 Å². The maximum Gasteiger partial charge on any atom is 0.150 e. The molecule has 0 saturated carbocycles. The minimum absolute atomic E-state index is 0.645. The molecule has 0 aliphatic carbocycles. The van der Waals surface area contributed by atoms with Crippen LogP contribution in [0.2, 0.25) is 0 Å². The summed E-state index contributed by atoms with van der Waals surface area (Å²) in [5.74, 6) is 1.64. The molecule has 20 heavy (non-hydrogen) atoms. The second-order valence-corrected chi connectivity index (χ2v) is 4.68. The molecule has 2 rings (SSSR count). The lowest BCUT2D eigenvalue weighted by atomic mass is 10.1. The van der Waals surface area contributed by atoms with Crippen molar-refractivity contribution in [3.05, 3.63) is 35.9 Å². The van der Waals surface area contributed by atoms with E-state index in [1.165, 1.54) is 0 Å². The van der Waals surface area contributed by atoms with Crippen molar-refractivity contribution >= 4 is 17.1 Å².